The first-order chi connectivity index (χ1) is 8.96. The van der Waals surface area contributed by atoms with E-state index in [0.717, 1.165) is 12.8 Å². The van der Waals surface area contributed by atoms with Crippen LogP contribution in [0.2, 0.25) is 0 Å². The van der Waals surface area contributed by atoms with Gasteiger partial charge in [-0.15, -0.1) is 0 Å². The molecule has 5 nitrogen and oxygen atoms in total. The zero-order valence-electron chi connectivity index (χ0n) is 10.5. The van der Waals surface area contributed by atoms with Crippen LogP contribution >= 0.6 is 15.9 Å². The van der Waals surface area contributed by atoms with Gasteiger partial charge in [0, 0.05) is 24.6 Å². The molecule has 2 rings (SSSR count). The quantitative estimate of drug-likeness (QED) is 0.903. The number of nitrogens with zero attached hydrogens (tertiary/aromatic N) is 1. The van der Waals surface area contributed by atoms with E-state index in [2.05, 4.69) is 21.2 Å². The van der Waals surface area contributed by atoms with Crippen LogP contribution in [0, 0.1) is 0 Å². The van der Waals surface area contributed by atoms with Crippen molar-refractivity contribution in [2.45, 2.75) is 17.7 Å². The van der Waals surface area contributed by atoms with Crippen LogP contribution in [0.1, 0.15) is 23.2 Å². The van der Waals surface area contributed by atoms with Gasteiger partial charge in [0.1, 0.15) is 0 Å². The number of hydrogen-bond donors (Lipinski definition) is 1. The number of nitrogens with one attached hydrogen (secondary N) is 1. The second-order valence-electron chi connectivity index (χ2n) is 4.33. The molecule has 0 unspecified atom stereocenters. The first-order valence-corrected chi connectivity index (χ1v) is 8.22. The Morgan fingerprint density at radius 3 is 2.53 bits per heavy atom. The van der Waals surface area contributed by atoms with Gasteiger partial charge in [0.25, 0.3) is 5.91 Å². The van der Waals surface area contributed by atoms with E-state index in [1.165, 1.54) is 23.5 Å². The van der Waals surface area contributed by atoms with Crippen LogP contribution in [-0.2, 0) is 10.0 Å². The second-order valence-corrected chi connectivity index (χ2v) is 7.12. The molecule has 19 heavy (non-hydrogen) atoms. The fourth-order valence-electron chi connectivity index (χ4n) is 2.05. The van der Waals surface area contributed by atoms with Gasteiger partial charge in [0.15, 0.2) is 0 Å². The summed E-state index contributed by atoms with van der Waals surface area (Å²) in [5.74, 6) is -0.314. The summed E-state index contributed by atoms with van der Waals surface area (Å²) in [6, 6.07) is 4.52. The van der Waals surface area contributed by atoms with Gasteiger partial charge in [-0.1, -0.05) is 0 Å². The summed E-state index contributed by atoms with van der Waals surface area (Å²) in [6.07, 6.45) is 1.77. The zero-order valence-corrected chi connectivity index (χ0v) is 12.9. The number of carbonyl (C=O) groups excluding carboxylic acids is 1. The lowest BCUT2D eigenvalue weighted by molar-refractivity contribution is 0.0962. The highest BCUT2D eigenvalue weighted by atomic mass is 79.9. The summed E-state index contributed by atoms with van der Waals surface area (Å²) >= 11 is 3.25. The molecule has 1 fully saturated rings. The number of amides is 1. The van der Waals surface area contributed by atoms with Crippen molar-refractivity contribution in [3.63, 3.8) is 0 Å². The number of halogens is 1. The zero-order chi connectivity index (χ0) is 14.0. The molecule has 0 aliphatic carbocycles. The largest absolute Gasteiger partial charge is 0.355 e. The molecule has 1 aliphatic rings. The van der Waals surface area contributed by atoms with Crippen molar-refractivity contribution in [3.05, 3.63) is 28.2 Å². The lowest BCUT2D eigenvalue weighted by atomic mass is 10.2. The molecule has 0 spiro atoms. The van der Waals surface area contributed by atoms with Gasteiger partial charge < -0.3 is 5.32 Å². The molecule has 104 valence electrons. The van der Waals surface area contributed by atoms with Gasteiger partial charge in [0.2, 0.25) is 10.0 Å². The van der Waals surface area contributed by atoms with Crippen molar-refractivity contribution in [3.8, 4) is 0 Å². The van der Waals surface area contributed by atoms with Crippen LogP contribution in [0.25, 0.3) is 0 Å². The van der Waals surface area contributed by atoms with Crippen molar-refractivity contribution in [1.29, 1.82) is 0 Å². The normalized spacial score (nSPS) is 16.5. The maximum absolute atomic E-state index is 12.4. The number of hydrogen-bond acceptors (Lipinski definition) is 3. The second kappa shape index (κ2) is 5.60. The number of carbonyl (C=O) groups is 1. The molecule has 1 N–H and O–H groups in total. The van der Waals surface area contributed by atoms with Crippen LogP contribution in [0.5, 0.6) is 0 Å². The van der Waals surface area contributed by atoms with Crippen molar-refractivity contribution in [1.82, 2.24) is 9.62 Å². The molecule has 1 aromatic carbocycles. The third-order valence-corrected chi connectivity index (χ3v) is 5.70. The van der Waals surface area contributed by atoms with E-state index in [9.17, 15) is 13.2 Å². The topological polar surface area (TPSA) is 66.5 Å². The third-order valence-electron chi connectivity index (χ3n) is 3.11. The minimum Gasteiger partial charge on any atom is -0.355 e. The molecule has 0 bridgehead atoms. The van der Waals surface area contributed by atoms with E-state index >= 15 is 0 Å². The molecular weight excluding hydrogens is 332 g/mol. The molecule has 0 aromatic heterocycles. The van der Waals surface area contributed by atoms with Crippen molar-refractivity contribution in [2.24, 2.45) is 0 Å². The van der Waals surface area contributed by atoms with E-state index in [1.54, 1.807) is 6.07 Å². The minimum atomic E-state index is -3.49. The average Bonchev–Trinajstić information content (AvgIpc) is 2.92. The van der Waals surface area contributed by atoms with E-state index in [1.807, 2.05) is 0 Å². The standard InChI is InChI=1S/C12H15BrN2O3S/c1-14-12(16)10-8-9(4-5-11(10)13)19(17,18)15-6-2-3-7-15/h4-5,8H,2-3,6-7H2,1H3,(H,14,16). The van der Waals surface area contributed by atoms with Gasteiger partial charge in [-0.2, -0.15) is 4.31 Å². The Hall–Kier alpha value is -0.920. The number of sulfonamides is 1. The fraction of sp³-hybridized carbons (Fsp3) is 0.417. The maximum Gasteiger partial charge on any atom is 0.252 e. The average molecular weight is 347 g/mol. The summed E-state index contributed by atoms with van der Waals surface area (Å²) in [6.45, 7) is 1.10. The van der Waals surface area contributed by atoms with Crippen LogP contribution in [-0.4, -0.2) is 38.8 Å². The molecular formula is C12H15BrN2O3S. The highest BCUT2D eigenvalue weighted by molar-refractivity contribution is 9.10. The highest BCUT2D eigenvalue weighted by Crippen LogP contribution is 2.25. The molecule has 0 atom stereocenters. The summed E-state index contributed by atoms with van der Waals surface area (Å²) < 4.78 is 26.8. The summed E-state index contributed by atoms with van der Waals surface area (Å²) in [7, 11) is -1.98. The van der Waals surface area contributed by atoms with E-state index in [4.69, 9.17) is 0 Å². The first-order valence-electron chi connectivity index (χ1n) is 5.98. The Balaban J connectivity index is 2.43. The lowest BCUT2D eigenvalue weighted by Crippen LogP contribution is -2.28. The van der Waals surface area contributed by atoms with Gasteiger partial charge in [0.05, 0.1) is 10.5 Å². The monoisotopic (exact) mass is 346 g/mol. The third kappa shape index (κ3) is 2.82. The molecule has 1 amide bonds. The van der Waals surface area contributed by atoms with Gasteiger partial charge in [-0.05, 0) is 47.0 Å². The van der Waals surface area contributed by atoms with Crippen molar-refractivity contribution < 1.29 is 13.2 Å². The first kappa shape index (κ1) is 14.5. The smallest absolute Gasteiger partial charge is 0.252 e. The van der Waals surface area contributed by atoms with Crippen LogP contribution in [0.4, 0.5) is 0 Å². The minimum absolute atomic E-state index is 0.163. The van der Waals surface area contributed by atoms with E-state index in [0.29, 0.717) is 23.1 Å². The van der Waals surface area contributed by atoms with Crippen molar-refractivity contribution >= 4 is 31.9 Å². The molecule has 1 heterocycles. The van der Waals surface area contributed by atoms with Gasteiger partial charge in [-0.25, -0.2) is 8.42 Å². The Labute approximate surface area is 121 Å². The van der Waals surface area contributed by atoms with Gasteiger partial charge in [-0.3, -0.25) is 4.79 Å². The Kier molecular flexibility index (Phi) is 4.27. The molecule has 7 heteroatoms. The highest BCUT2D eigenvalue weighted by Gasteiger charge is 2.28. The van der Waals surface area contributed by atoms with Crippen molar-refractivity contribution in [2.75, 3.05) is 20.1 Å². The van der Waals surface area contributed by atoms with Crippen LogP contribution in [0.15, 0.2) is 27.6 Å². The fourth-order valence-corrected chi connectivity index (χ4v) is 4.02. The molecule has 1 aromatic rings. The summed E-state index contributed by atoms with van der Waals surface area (Å²) in [5.41, 5.74) is 0.322. The van der Waals surface area contributed by atoms with Gasteiger partial charge >= 0.3 is 0 Å². The molecule has 0 radical (unpaired) electrons. The van der Waals surface area contributed by atoms with Crippen LogP contribution < -0.4 is 5.32 Å². The van der Waals surface area contributed by atoms with Crippen LogP contribution in [0.3, 0.4) is 0 Å². The van der Waals surface area contributed by atoms with E-state index in [-0.39, 0.29) is 10.8 Å². The summed E-state index contributed by atoms with van der Waals surface area (Å²) in [4.78, 5) is 11.8. The Bertz CT molecular complexity index is 595. The molecule has 1 saturated heterocycles. The maximum atomic E-state index is 12.4. The molecule has 1 aliphatic heterocycles. The number of rotatable bonds is 3. The predicted octanol–water partition coefficient (Wildman–Crippen LogP) is 1.59. The Morgan fingerprint density at radius 1 is 1.32 bits per heavy atom. The molecule has 0 saturated carbocycles. The predicted molar refractivity (Wildman–Crippen MR) is 75.5 cm³/mol. The summed E-state index contributed by atoms with van der Waals surface area (Å²) in [5, 5.41) is 2.49. The van der Waals surface area contributed by atoms with E-state index < -0.39 is 10.0 Å². The number of benzene rings is 1. The lowest BCUT2D eigenvalue weighted by Gasteiger charge is -2.16. The Morgan fingerprint density at radius 2 is 1.95 bits per heavy atom. The SMILES string of the molecule is CNC(=O)c1cc(S(=O)(=O)N2CCCC2)ccc1Br.